The quantitative estimate of drug-likeness (QED) is 0.435. The summed E-state index contributed by atoms with van der Waals surface area (Å²) in [5.41, 5.74) is 0. The Hall–Kier alpha value is -1.82. The van der Waals surface area contributed by atoms with Crippen molar-refractivity contribution in [2.24, 2.45) is 5.92 Å². The molecular weight excluding hydrogens is 260 g/mol. The number of nitrogens with one attached hydrogen (secondary N) is 2. The second kappa shape index (κ2) is 7.69. The van der Waals surface area contributed by atoms with Crippen LogP contribution in [0.5, 0.6) is 0 Å². The maximum atomic E-state index is 11.0. The SMILES string of the molecule is C/C=C\[C@@H]1C[C@H](C(=O)O)N[C@@H]1CCC(O)=CNC(C)=O. The fraction of sp³-hybridized carbons (Fsp3) is 0.571. The Kier molecular flexibility index (Phi) is 6.24. The minimum Gasteiger partial charge on any atom is -0.511 e. The molecule has 6 heteroatoms. The molecule has 6 nitrogen and oxygen atoms in total. The summed E-state index contributed by atoms with van der Waals surface area (Å²) in [5, 5.41) is 24.2. The molecule has 0 aromatic carbocycles. The molecule has 1 heterocycles. The molecule has 0 unspecified atom stereocenters. The largest absolute Gasteiger partial charge is 0.511 e. The third-order valence-electron chi connectivity index (χ3n) is 3.33. The van der Waals surface area contributed by atoms with Gasteiger partial charge in [-0.3, -0.25) is 9.59 Å². The van der Waals surface area contributed by atoms with Crippen LogP contribution in [0.15, 0.2) is 24.1 Å². The number of carboxylic acids is 1. The van der Waals surface area contributed by atoms with Gasteiger partial charge in [-0.1, -0.05) is 12.2 Å². The second-order valence-electron chi connectivity index (χ2n) is 4.96. The van der Waals surface area contributed by atoms with Crippen molar-refractivity contribution in [1.29, 1.82) is 0 Å². The van der Waals surface area contributed by atoms with E-state index in [1.165, 1.54) is 13.1 Å². The van der Waals surface area contributed by atoms with Gasteiger partial charge in [0.05, 0.1) is 0 Å². The van der Waals surface area contributed by atoms with Gasteiger partial charge in [0.15, 0.2) is 0 Å². The number of carboxylic acid groups (broad SMARTS) is 1. The molecule has 0 bridgehead atoms. The average Bonchev–Trinajstić information content (AvgIpc) is 2.78. The number of aliphatic hydroxyl groups excluding tert-OH is 1. The molecule has 3 atom stereocenters. The van der Waals surface area contributed by atoms with Crippen LogP contribution in [-0.2, 0) is 9.59 Å². The molecule has 1 aliphatic rings. The van der Waals surface area contributed by atoms with Gasteiger partial charge in [0, 0.05) is 25.6 Å². The van der Waals surface area contributed by atoms with E-state index in [9.17, 15) is 14.7 Å². The molecule has 1 rings (SSSR count). The van der Waals surface area contributed by atoms with Crippen LogP contribution >= 0.6 is 0 Å². The van der Waals surface area contributed by atoms with Gasteiger partial charge in [-0.25, -0.2) is 0 Å². The Morgan fingerprint density at radius 3 is 2.65 bits per heavy atom. The van der Waals surface area contributed by atoms with Crippen LogP contribution in [0.25, 0.3) is 0 Å². The molecule has 0 saturated carbocycles. The van der Waals surface area contributed by atoms with Crippen LogP contribution in [0.2, 0.25) is 0 Å². The number of hydrogen-bond donors (Lipinski definition) is 4. The van der Waals surface area contributed by atoms with Gasteiger partial charge in [-0.05, 0) is 25.7 Å². The van der Waals surface area contributed by atoms with E-state index in [2.05, 4.69) is 10.6 Å². The smallest absolute Gasteiger partial charge is 0.320 e. The lowest BCUT2D eigenvalue weighted by molar-refractivity contribution is -0.139. The predicted molar refractivity (Wildman–Crippen MR) is 75.0 cm³/mol. The minimum atomic E-state index is -0.847. The van der Waals surface area contributed by atoms with Gasteiger partial charge in [0.2, 0.25) is 5.91 Å². The van der Waals surface area contributed by atoms with Crippen molar-refractivity contribution in [2.45, 2.75) is 45.2 Å². The van der Waals surface area contributed by atoms with Gasteiger partial charge in [0.1, 0.15) is 11.8 Å². The maximum absolute atomic E-state index is 11.0. The van der Waals surface area contributed by atoms with E-state index in [4.69, 9.17) is 5.11 Å². The van der Waals surface area contributed by atoms with Crippen molar-refractivity contribution in [3.63, 3.8) is 0 Å². The lowest BCUT2D eigenvalue weighted by atomic mass is 9.95. The first-order valence-electron chi connectivity index (χ1n) is 6.70. The van der Waals surface area contributed by atoms with E-state index in [0.717, 1.165) is 0 Å². The molecule has 1 fully saturated rings. The first-order valence-corrected chi connectivity index (χ1v) is 6.70. The average molecular weight is 282 g/mol. The van der Waals surface area contributed by atoms with Gasteiger partial charge in [0.25, 0.3) is 0 Å². The van der Waals surface area contributed by atoms with Gasteiger partial charge in [-0.15, -0.1) is 0 Å². The number of rotatable bonds is 6. The lowest BCUT2D eigenvalue weighted by Crippen LogP contribution is -2.36. The Bertz CT molecular complexity index is 417. The van der Waals surface area contributed by atoms with Gasteiger partial charge < -0.3 is 20.8 Å². The number of aliphatic hydroxyl groups is 1. The lowest BCUT2D eigenvalue weighted by Gasteiger charge is -2.16. The molecule has 4 N–H and O–H groups in total. The molecule has 0 radical (unpaired) electrons. The first-order chi connectivity index (χ1) is 9.43. The summed E-state index contributed by atoms with van der Waals surface area (Å²) in [5.74, 6) is -0.858. The fourth-order valence-electron chi connectivity index (χ4n) is 2.38. The summed E-state index contributed by atoms with van der Waals surface area (Å²) in [6.07, 6.45) is 6.74. The summed E-state index contributed by atoms with van der Waals surface area (Å²) >= 11 is 0. The number of allylic oxidation sites excluding steroid dienone is 2. The van der Waals surface area contributed by atoms with Crippen molar-refractivity contribution in [3.8, 4) is 0 Å². The van der Waals surface area contributed by atoms with Crippen molar-refractivity contribution in [3.05, 3.63) is 24.1 Å². The van der Waals surface area contributed by atoms with Crippen molar-refractivity contribution in [1.82, 2.24) is 10.6 Å². The maximum Gasteiger partial charge on any atom is 0.320 e. The zero-order valence-electron chi connectivity index (χ0n) is 11.8. The highest BCUT2D eigenvalue weighted by molar-refractivity contribution is 5.74. The van der Waals surface area contributed by atoms with E-state index in [-0.39, 0.29) is 23.6 Å². The zero-order chi connectivity index (χ0) is 15.1. The van der Waals surface area contributed by atoms with Crippen molar-refractivity contribution < 1.29 is 19.8 Å². The molecule has 0 aromatic rings. The van der Waals surface area contributed by atoms with Crippen LogP contribution in [0, 0.1) is 5.92 Å². The highest BCUT2D eigenvalue weighted by Crippen LogP contribution is 2.26. The predicted octanol–water partition coefficient (Wildman–Crippen LogP) is 1.31. The standard InChI is InChI=1S/C14H22N2O4/c1-3-4-10-7-13(14(19)20)16-12(10)6-5-11(18)8-15-9(2)17/h3-4,8,10,12-13,16,18H,5-7H2,1-2H3,(H,15,17)(H,19,20)/b4-3-,11-8?/t10-,12-,13-/m1/s1. The van der Waals surface area contributed by atoms with Crippen LogP contribution in [-0.4, -0.2) is 34.2 Å². The van der Waals surface area contributed by atoms with Crippen LogP contribution < -0.4 is 10.6 Å². The highest BCUT2D eigenvalue weighted by Gasteiger charge is 2.35. The Balaban J connectivity index is 2.54. The molecule has 112 valence electrons. The molecule has 1 amide bonds. The van der Waals surface area contributed by atoms with E-state index in [0.29, 0.717) is 19.3 Å². The molecule has 0 aliphatic carbocycles. The summed E-state index contributed by atoms with van der Waals surface area (Å²) in [4.78, 5) is 21.7. The van der Waals surface area contributed by atoms with E-state index < -0.39 is 12.0 Å². The summed E-state index contributed by atoms with van der Waals surface area (Å²) in [7, 11) is 0. The monoisotopic (exact) mass is 282 g/mol. The third-order valence-corrected chi connectivity index (χ3v) is 3.33. The van der Waals surface area contributed by atoms with Crippen LogP contribution in [0.3, 0.4) is 0 Å². The highest BCUT2D eigenvalue weighted by atomic mass is 16.4. The Morgan fingerprint density at radius 1 is 1.40 bits per heavy atom. The summed E-state index contributed by atoms with van der Waals surface area (Å²) in [6, 6.07) is -0.525. The summed E-state index contributed by atoms with van der Waals surface area (Å²) < 4.78 is 0. The second-order valence-corrected chi connectivity index (χ2v) is 4.96. The van der Waals surface area contributed by atoms with Crippen LogP contribution in [0.1, 0.15) is 33.1 Å². The minimum absolute atomic E-state index is 0.0141. The third kappa shape index (κ3) is 5.05. The fourth-order valence-corrected chi connectivity index (χ4v) is 2.38. The molecule has 20 heavy (non-hydrogen) atoms. The molecule has 0 spiro atoms. The van der Waals surface area contributed by atoms with E-state index >= 15 is 0 Å². The number of hydrogen-bond acceptors (Lipinski definition) is 4. The van der Waals surface area contributed by atoms with Gasteiger partial charge in [-0.2, -0.15) is 0 Å². The number of amides is 1. The normalized spacial score (nSPS) is 26.9. The zero-order valence-corrected chi connectivity index (χ0v) is 11.8. The number of carbonyl (C=O) groups excluding carboxylic acids is 1. The topological polar surface area (TPSA) is 98.7 Å². The Morgan fingerprint density at radius 2 is 2.10 bits per heavy atom. The molecule has 0 aromatic heterocycles. The van der Waals surface area contributed by atoms with Crippen molar-refractivity contribution in [2.75, 3.05) is 0 Å². The molecular formula is C14H22N2O4. The number of carbonyl (C=O) groups is 2. The first kappa shape index (κ1) is 16.2. The summed E-state index contributed by atoms with van der Waals surface area (Å²) in [6.45, 7) is 3.27. The molecule has 1 aliphatic heterocycles. The van der Waals surface area contributed by atoms with Gasteiger partial charge >= 0.3 is 5.97 Å². The number of aliphatic carboxylic acids is 1. The molecule has 1 saturated heterocycles. The Labute approximate surface area is 118 Å². The van der Waals surface area contributed by atoms with E-state index in [1.807, 2.05) is 19.1 Å². The van der Waals surface area contributed by atoms with E-state index in [1.54, 1.807) is 0 Å². The van der Waals surface area contributed by atoms with Crippen LogP contribution in [0.4, 0.5) is 0 Å². The van der Waals surface area contributed by atoms with Crippen molar-refractivity contribution >= 4 is 11.9 Å².